The number of carbonyl (C=O) groups excluding carboxylic acids is 1. The number of aromatic nitrogens is 1. The van der Waals surface area contributed by atoms with E-state index in [9.17, 15) is 9.18 Å². The molecule has 0 aliphatic rings. The van der Waals surface area contributed by atoms with Crippen molar-refractivity contribution in [1.29, 1.82) is 0 Å². The molecule has 4 heteroatoms. The van der Waals surface area contributed by atoms with E-state index < -0.39 is 5.82 Å². The molecule has 3 nitrogen and oxygen atoms in total. The van der Waals surface area contributed by atoms with Gasteiger partial charge in [-0.15, -0.1) is 0 Å². The molecule has 0 amide bonds. The topological polar surface area (TPSA) is 31.2 Å². The molecule has 0 atom stereocenters. The third-order valence-electron chi connectivity index (χ3n) is 3.64. The highest BCUT2D eigenvalue weighted by Crippen LogP contribution is 2.20. The Labute approximate surface area is 124 Å². The molecule has 0 saturated heterocycles. The van der Waals surface area contributed by atoms with Crippen LogP contribution >= 0.6 is 0 Å². The summed E-state index contributed by atoms with van der Waals surface area (Å²) in [6.45, 7) is 8.42. The number of Topliss-reactive ketones (excluding diaryl/α,β-unsaturated/α-hetero) is 1. The normalized spacial score (nSPS) is 10.7. The maximum absolute atomic E-state index is 13.6. The van der Waals surface area contributed by atoms with Crippen LogP contribution in [-0.4, -0.2) is 17.0 Å². The lowest BCUT2D eigenvalue weighted by Crippen LogP contribution is -2.13. The number of carbonyl (C=O) groups is 1. The van der Waals surface area contributed by atoms with E-state index in [1.807, 2.05) is 33.8 Å². The van der Waals surface area contributed by atoms with E-state index in [0.29, 0.717) is 5.56 Å². The lowest BCUT2D eigenvalue weighted by Gasteiger charge is -2.08. The van der Waals surface area contributed by atoms with Gasteiger partial charge in [-0.25, -0.2) is 4.39 Å². The fourth-order valence-electron chi connectivity index (χ4n) is 2.51. The zero-order chi connectivity index (χ0) is 15.6. The molecule has 0 aliphatic heterocycles. The van der Waals surface area contributed by atoms with Gasteiger partial charge < -0.3 is 9.30 Å². The highest BCUT2D eigenvalue weighted by Gasteiger charge is 2.16. The molecular weight excluding hydrogens is 269 g/mol. The average molecular weight is 289 g/mol. The molecule has 1 heterocycles. The van der Waals surface area contributed by atoms with Gasteiger partial charge in [0, 0.05) is 23.5 Å². The number of nitrogens with zero attached hydrogens (tertiary/aromatic N) is 1. The summed E-state index contributed by atoms with van der Waals surface area (Å²) >= 11 is 0. The van der Waals surface area contributed by atoms with Crippen molar-refractivity contribution in [2.75, 3.05) is 6.61 Å². The van der Waals surface area contributed by atoms with Crippen molar-refractivity contribution in [2.45, 2.75) is 34.2 Å². The number of ether oxygens (including phenoxy) is 1. The summed E-state index contributed by atoms with van der Waals surface area (Å²) in [5.74, 6) is -0.469. The Morgan fingerprint density at radius 2 is 1.95 bits per heavy atom. The Morgan fingerprint density at radius 1 is 1.24 bits per heavy atom. The van der Waals surface area contributed by atoms with E-state index in [1.165, 1.54) is 6.07 Å². The smallest absolute Gasteiger partial charge is 0.202 e. The Balaban J connectivity index is 2.14. The highest BCUT2D eigenvalue weighted by atomic mass is 19.1. The summed E-state index contributed by atoms with van der Waals surface area (Å²) in [6, 6.07) is 6.46. The summed E-state index contributed by atoms with van der Waals surface area (Å²) in [6.07, 6.45) is 0. The summed E-state index contributed by atoms with van der Waals surface area (Å²) in [7, 11) is 0. The molecule has 21 heavy (non-hydrogen) atoms. The number of ketones is 1. The second-order valence-electron chi connectivity index (χ2n) is 5.17. The van der Waals surface area contributed by atoms with Crippen LogP contribution in [0.15, 0.2) is 24.3 Å². The van der Waals surface area contributed by atoms with Gasteiger partial charge in [-0.3, -0.25) is 4.79 Å². The van der Waals surface area contributed by atoms with Gasteiger partial charge in [0.15, 0.2) is 18.2 Å². The Kier molecular flexibility index (Phi) is 4.46. The Hall–Kier alpha value is -2.10. The molecule has 112 valence electrons. The first kappa shape index (κ1) is 15.3. The minimum atomic E-state index is -0.451. The van der Waals surface area contributed by atoms with Crippen LogP contribution in [0.1, 0.15) is 34.2 Å². The fraction of sp³-hybridized carbons (Fsp3) is 0.353. The molecular formula is C17H20FNO2. The predicted octanol–water partition coefficient (Wildman–Crippen LogP) is 3.83. The van der Waals surface area contributed by atoms with Crippen molar-refractivity contribution in [3.63, 3.8) is 0 Å². The van der Waals surface area contributed by atoms with Gasteiger partial charge >= 0.3 is 0 Å². The molecule has 1 aromatic heterocycles. The number of hydrogen-bond donors (Lipinski definition) is 0. The zero-order valence-electron chi connectivity index (χ0n) is 12.9. The predicted molar refractivity (Wildman–Crippen MR) is 80.5 cm³/mol. The van der Waals surface area contributed by atoms with Crippen molar-refractivity contribution in [3.05, 3.63) is 52.6 Å². The molecule has 0 N–H and O–H groups in total. The van der Waals surface area contributed by atoms with Gasteiger partial charge in [-0.05, 0) is 51.5 Å². The number of rotatable bonds is 5. The van der Waals surface area contributed by atoms with Gasteiger partial charge in [-0.2, -0.15) is 0 Å². The van der Waals surface area contributed by atoms with Gasteiger partial charge in [0.2, 0.25) is 5.78 Å². The number of aryl methyl sites for hydroxylation is 2. The largest absolute Gasteiger partial charge is 0.482 e. The minimum absolute atomic E-state index is 0.118. The van der Waals surface area contributed by atoms with Crippen LogP contribution in [-0.2, 0) is 6.54 Å². The Morgan fingerprint density at radius 3 is 2.57 bits per heavy atom. The third-order valence-corrected chi connectivity index (χ3v) is 3.64. The van der Waals surface area contributed by atoms with E-state index in [2.05, 4.69) is 4.57 Å². The molecule has 2 rings (SSSR count). The van der Waals surface area contributed by atoms with Gasteiger partial charge in [0.1, 0.15) is 0 Å². The van der Waals surface area contributed by atoms with Gasteiger partial charge in [0.25, 0.3) is 0 Å². The molecule has 0 saturated carbocycles. The number of hydrogen-bond acceptors (Lipinski definition) is 2. The first-order valence-corrected chi connectivity index (χ1v) is 7.03. The van der Waals surface area contributed by atoms with Crippen LogP contribution in [0.3, 0.4) is 0 Å². The van der Waals surface area contributed by atoms with E-state index in [1.54, 1.807) is 12.1 Å². The molecule has 1 aromatic carbocycles. The van der Waals surface area contributed by atoms with E-state index in [-0.39, 0.29) is 18.1 Å². The molecule has 0 unspecified atom stereocenters. The molecule has 2 aromatic rings. The second kappa shape index (κ2) is 6.12. The Bertz CT molecular complexity index is 674. The number of benzene rings is 1. The zero-order valence-corrected chi connectivity index (χ0v) is 12.9. The quantitative estimate of drug-likeness (QED) is 0.783. The van der Waals surface area contributed by atoms with Crippen molar-refractivity contribution in [3.8, 4) is 5.75 Å². The standard InChI is InChI=1S/C17H20FNO2/c1-5-19-12(3)9-14(13(19)4)16(20)10-21-17-8-11(2)6-7-15(17)18/h6-9H,5,10H2,1-4H3. The fourth-order valence-corrected chi connectivity index (χ4v) is 2.51. The molecule has 0 spiro atoms. The van der Waals surface area contributed by atoms with Crippen molar-refractivity contribution in [2.24, 2.45) is 0 Å². The highest BCUT2D eigenvalue weighted by molar-refractivity contribution is 5.98. The molecule has 0 aliphatic carbocycles. The van der Waals surface area contributed by atoms with Crippen LogP contribution in [0, 0.1) is 26.6 Å². The summed E-state index contributed by atoms with van der Waals surface area (Å²) in [4.78, 5) is 12.3. The van der Waals surface area contributed by atoms with E-state index in [4.69, 9.17) is 4.74 Å². The van der Waals surface area contributed by atoms with E-state index >= 15 is 0 Å². The number of halogens is 1. The maximum atomic E-state index is 13.6. The van der Waals surface area contributed by atoms with Gasteiger partial charge in [-0.1, -0.05) is 6.07 Å². The summed E-state index contributed by atoms with van der Waals surface area (Å²) in [5, 5.41) is 0. The molecule has 0 bridgehead atoms. The summed E-state index contributed by atoms with van der Waals surface area (Å²) < 4.78 is 21.0. The van der Waals surface area contributed by atoms with Crippen LogP contribution in [0.4, 0.5) is 4.39 Å². The van der Waals surface area contributed by atoms with Gasteiger partial charge in [0.05, 0.1) is 0 Å². The monoisotopic (exact) mass is 289 g/mol. The van der Waals surface area contributed by atoms with Crippen molar-refractivity contribution >= 4 is 5.78 Å². The van der Waals surface area contributed by atoms with Crippen molar-refractivity contribution < 1.29 is 13.9 Å². The first-order valence-electron chi connectivity index (χ1n) is 7.03. The molecule has 0 fully saturated rings. The van der Waals surface area contributed by atoms with E-state index in [0.717, 1.165) is 23.5 Å². The van der Waals surface area contributed by atoms with Crippen LogP contribution in [0.25, 0.3) is 0 Å². The first-order chi connectivity index (χ1) is 9.93. The van der Waals surface area contributed by atoms with Crippen LogP contribution in [0.5, 0.6) is 5.75 Å². The molecule has 0 radical (unpaired) electrons. The minimum Gasteiger partial charge on any atom is -0.482 e. The SMILES string of the molecule is CCn1c(C)cc(C(=O)COc2cc(C)ccc2F)c1C. The maximum Gasteiger partial charge on any atom is 0.202 e. The summed E-state index contributed by atoms with van der Waals surface area (Å²) in [5.41, 5.74) is 3.50. The second-order valence-corrected chi connectivity index (χ2v) is 5.17. The third kappa shape index (κ3) is 3.15. The lowest BCUT2D eigenvalue weighted by atomic mass is 10.1. The average Bonchev–Trinajstić information content (AvgIpc) is 2.74. The lowest BCUT2D eigenvalue weighted by molar-refractivity contribution is 0.0918. The van der Waals surface area contributed by atoms with Crippen molar-refractivity contribution in [1.82, 2.24) is 4.57 Å². The van der Waals surface area contributed by atoms with Crippen LogP contribution in [0.2, 0.25) is 0 Å². The van der Waals surface area contributed by atoms with Crippen LogP contribution < -0.4 is 4.74 Å².